The van der Waals surface area contributed by atoms with Crippen LogP contribution in [0.4, 0.5) is 0 Å². The van der Waals surface area contributed by atoms with Gasteiger partial charge in [-0.1, -0.05) is 11.6 Å². The van der Waals surface area contributed by atoms with Gasteiger partial charge in [0.25, 0.3) is 0 Å². The van der Waals surface area contributed by atoms with E-state index < -0.39 is 29.8 Å². The number of halogens is 1. The van der Waals surface area contributed by atoms with E-state index in [0.717, 1.165) is 0 Å². The number of nitrogens with zero attached hydrogens (tertiary/aromatic N) is 3. The second-order valence-electron chi connectivity index (χ2n) is 6.69. The molecule has 8 heteroatoms. The Bertz CT molecular complexity index is 779. The summed E-state index contributed by atoms with van der Waals surface area (Å²) in [6.45, 7) is 3.19. The molecule has 1 aliphatic heterocycles. The highest BCUT2D eigenvalue weighted by Crippen LogP contribution is 2.54. The Balaban J connectivity index is 1.92. The van der Waals surface area contributed by atoms with Crippen molar-refractivity contribution in [3.63, 3.8) is 0 Å². The van der Waals surface area contributed by atoms with E-state index in [2.05, 4.69) is 9.97 Å². The van der Waals surface area contributed by atoms with E-state index in [9.17, 15) is 10.2 Å². The molecule has 1 aliphatic carbocycles. The van der Waals surface area contributed by atoms with Crippen LogP contribution in [-0.2, 0) is 15.2 Å². The molecule has 3 atom stereocenters. The van der Waals surface area contributed by atoms with Gasteiger partial charge in [-0.25, -0.2) is 9.97 Å². The highest BCUT2D eigenvalue weighted by molar-refractivity contribution is 6.33. The standard InChI is InChI=1S/C15H18ClN3O4/c1-13(2)22-12-14(21,7-20)4-5-15(12,23-13)19-6-3-9-10(16)17-8-18-11(9)19/h3,6,8,12,20-21H,4-5,7H2,1-2H3/t12-,14-,15-/m1/s1. The molecule has 4 rings (SSSR count). The van der Waals surface area contributed by atoms with Crippen LogP contribution in [0.3, 0.4) is 0 Å². The highest BCUT2D eigenvalue weighted by atomic mass is 35.5. The molecule has 0 radical (unpaired) electrons. The highest BCUT2D eigenvalue weighted by Gasteiger charge is 2.67. The van der Waals surface area contributed by atoms with Gasteiger partial charge in [-0.05, 0) is 26.3 Å². The maximum absolute atomic E-state index is 10.8. The molecule has 3 heterocycles. The Morgan fingerprint density at radius 3 is 2.91 bits per heavy atom. The summed E-state index contributed by atoms with van der Waals surface area (Å²) in [5.41, 5.74) is -1.69. The lowest BCUT2D eigenvalue weighted by Gasteiger charge is -2.32. The van der Waals surface area contributed by atoms with Gasteiger partial charge in [-0.15, -0.1) is 0 Å². The van der Waals surface area contributed by atoms with E-state index in [1.807, 2.05) is 16.8 Å². The van der Waals surface area contributed by atoms with E-state index in [1.165, 1.54) is 6.33 Å². The number of ether oxygens (including phenoxy) is 2. The first kappa shape index (κ1) is 15.3. The van der Waals surface area contributed by atoms with Crippen LogP contribution < -0.4 is 0 Å². The number of aromatic nitrogens is 3. The summed E-state index contributed by atoms with van der Waals surface area (Å²) in [5, 5.41) is 21.5. The smallest absolute Gasteiger partial charge is 0.178 e. The topological polar surface area (TPSA) is 89.6 Å². The predicted molar refractivity (Wildman–Crippen MR) is 81.8 cm³/mol. The van der Waals surface area contributed by atoms with Crippen LogP contribution in [0.15, 0.2) is 18.6 Å². The maximum Gasteiger partial charge on any atom is 0.178 e. The van der Waals surface area contributed by atoms with Crippen molar-refractivity contribution in [2.75, 3.05) is 6.61 Å². The third kappa shape index (κ3) is 1.98. The fourth-order valence-electron chi connectivity index (χ4n) is 3.80. The van der Waals surface area contributed by atoms with Crippen molar-refractivity contribution in [2.45, 2.75) is 49.9 Å². The largest absolute Gasteiger partial charge is 0.393 e. The van der Waals surface area contributed by atoms with Crippen LogP contribution >= 0.6 is 11.6 Å². The summed E-state index contributed by atoms with van der Waals surface area (Å²) in [6, 6.07) is 1.81. The number of hydrogen-bond acceptors (Lipinski definition) is 6. The molecule has 124 valence electrons. The van der Waals surface area contributed by atoms with E-state index in [0.29, 0.717) is 29.0 Å². The van der Waals surface area contributed by atoms with Crippen molar-refractivity contribution in [2.24, 2.45) is 0 Å². The average molecular weight is 340 g/mol. The van der Waals surface area contributed by atoms with Crippen molar-refractivity contribution >= 4 is 22.6 Å². The summed E-state index contributed by atoms with van der Waals surface area (Å²) < 4.78 is 14.0. The Morgan fingerprint density at radius 2 is 2.17 bits per heavy atom. The molecule has 7 nitrogen and oxygen atoms in total. The first-order valence-electron chi connectivity index (χ1n) is 7.51. The lowest BCUT2D eigenvalue weighted by molar-refractivity contribution is -0.196. The van der Waals surface area contributed by atoms with Gasteiger partial charge in [-0.2, -0.15) is 0 Å². The minimum Gasteiger partial charge on any atom is -0.393 e. The van der Waals surface area contributed by atoms with Gasteiger partial charge in [0.05, 0.1) is 12.0 Å². The van der Waals surface area contributed by atoms with E-state index in [4.69, 9.17) is 21.1 Å². The predicted octanol–water partition coefficient (Wildman–Crippen LogP) is 1.41. The molecule has 2 aromatic heterocycles. The summed E-state index contributed by atoms with van der Waals surface area (Å²) >= 11 is 6.13. The van der Waals surface area contributed by atoms with Crippen LogP contribution in [0.1, 0.15) is 26.7 Å². The van der Waals surface area contributed by atoms with Crippen molar-refractivity contribution in [1.29, 1.82) is 0 Å². The summed E-state index contributed by atoms with van der Waals surface area (Å²) in [6.07, 6.45) is 3.35. The minimum absolute atomic E-state index is 0.357. The van der Waals surface area contributed by atoms with Gasteiger partial charge in [-0.3, -0.25) is 0 Å². The molecule has 2 N–H and O–H groups in total. The molecule has 0 unspecified atom stereocenters. The van der Waals surface area contributed by atoms with Gasteiger partial charge in [0.15, 0.2) is 11.5 Å². The van der Waals surface area contributed by atoms with Crippen molar-refractivity contribution in [3.05, 3.63) is 23.7 Å². The van der Waals surface area contributed by atoms with Crippen LogP contribution in [0.2, 0.25) is 5.15 Å². The van der Waals surface area contributed by atoms with Crippen molar-refractivity contribution in [1.82, 2.24) is 14.5 Å². The second-order valence-corrected chi connectivity index (χ2v) is 7.05. The third-order valence-corrected chi connectivity index (χ3v) is 5.05. The zero-order chi connectivity index (χ0) is 16.5. The molecule has 0 bridgehead atoms. The zero-order valence-electron chi connectivity index (χ0n) is 12.9. The Morgan fingerprint density at radius 1 is 1.39 bits per heavy atom. The first-order valence-corrected chi connectivity index (χ1v) is 7.88. The average Bonchev–Trinajstić information content (AvgIpc) is 3.12. The molecule has 2 fully saturated rings. The Labute approximate surface area is 137 Å². The molecule has 1 saturated carbocycles. The van der Waals surface area contributed by atoms with Crippen molar-refractivity contribution in [3.8, 4) is 0 Å². The molecule has 0 amide bonds. The molecular formula is C15H18ClN3O4. The number of hydrogen-bond donors (Lipinski definition) is 2. The summed E-state index contributed by atoms with van der Waals surface area (Å²) in [4.78, 5) is 8.29. The minimum atomic E-state index is -1.36. The Kier molecular flexibility index (Phi) is 3.09. The maximum atomic E-state index is 10.8. The molecule has 0 spiro atoms. The monoisotopic (exact) mass is 339 g/mol. The third-order valence-electron chi connectivity index (χ3n) is 4.75. The summed E-state index contributed by atoms with van der Waals surface area (Å²) in [7, 11) is 0. The zero-order valence-corrected chi connectivity index (χ0v) is 13.6. The molecule has 0 aromatic carbocycles. The number of rotatable bonds is 2. The van der Waals surface area contributed by atoms with E-state index in [-0.39, 0.29) is 0 Å². The first-order chi connectivity index (χ1) is 10.8. The van der Waals surface area contributed by atoms with Crippen molar-refractivity contribution < 1.29 is 19.7 Å². The van der Waals surface area contributed by atoms with Crippen LogP contribution in [-0.4, -0.2) is 48.8 Å². The SMILES string of the molecule is CC1(C)O[C@@H]2[C@](O)(CO)CC[C@@]2(n2ccc3c(Cl)ncnc32)O1. The van der Waals surface area contributed by atoms with Gasteiger partial charge < -0.3 is 24.3 Å². The van der Waals surface area contributed by atoms with Gasteiger partial charge in [0.2, 0.25) is 0 Å². The number of aliphatic hydroxyl groups excluding tert-OH is 1. The quantitative estimate of drug-likeness (QED) is 0.804. The van der Waals surface area contributed by atoms with E-state index in [1.54, 1.807) is 13.8 Å². The van der Waals surface area contributed by atoms with Gasteiger partial charge in [0, 0.05) is 12.6 Å². The normalized spacial score (nSPS) is 35.8. The molecule has 2 aromatic rings. The molecular weight excluding hydrogens is 322 g/mol. The van der Waals surface area contributed by atoms with Crippen LogP contribution in [0, 0.1) is 0 Å². The summed E-state index contributed by atoms with van der Waals surface area (Å²) in [5.74, 6) is -0.887. The molecule has 23 heavy (non-hydrogen) atoms. The van der Waals surface area contributed by atoms with Gasteiger partial charge in [0.1, 0.15) is 28.8 Å². The number of aliphatic hydroxyl groups is 2. The Hall–Kier alpha value is -1.25. The molecule has 2 aliphatic rings. The lowest BCUT2D eigenvalue weighted by atomic mass is 9.99. The molecule has 1 saturated heterocycles. The van der Waals surface area contributed by atoms with Crippen LogP contribution in [0.5, 0.6) is 0 Å². The van der Waals surface area contributed by atoms with E-state index >= 15 is 0 Å². The van der Waals surface area contributed by atoms with Crippen LogP contribution in [0.25, 0.3) is 11.0 Å². The second kappa shape index (κ2) is 4.64. The van der Waals surface area contributed by atoms with Gasteiger partial charge >= 0.3 is 0 Å². The lowest BCUT2D eigenvalue weighted by Crippen LogP contribution is -2.50. The fraction of sp³-hybridized carbons (Fsp3) is 0.600. The number of fused-ring (bicyclic) bond motifs is 2. The fourth-order valence-corrected chi connectivity index (χ4v) is 3.99.